The van der Waals surface area contributed by atoms with Crippen molar-refractivity contribution in [3.63, 3.8) is 0 Å². The van der Waals surface area contributed by atoms with Crippen LogP contribution < -0.4 is 10.6 Å². The number of rotatable bonds is 9. The number of nitrogens with zero attached hydrogens (tertiary/aromatic N) is 2. The van der Waals surface area contributed by atoms with E-state index in [2.05, 4.69) is 55.6 Å². The van der Waals surface area contributed by atoms with Gasteiger partial charge in [-0.1, -0.05) is 34.6 Å². The third-order valence-corrected chi connectivity index (χ3v) is 4.93. The van der Waals surface area contributed by atoms with Crippen LogP contribution in [0, 0.1) is 5.92 Å². The van der Waals surface area contributed by atoms with Crippen LogP contribution in [-0.4, -0.2) is 43.8 Å². The van der Waals surface area contributed by atoms with Crippen molar-refractivity contribution in [2.75, 3.05) is 26.7 Å². The average molecular weight is 369 g/mol. The molecule has 0 aliphatic rings. The Labute approximate surface area is 157 Å². The first-order chi connectivity index (χ1) is 11.8. The van der Waals surface area contributed by atoms with Crippen molar-refractivity contribution in [3.05, 3.63) is 16.1 Å². The van der Waals surface area contributed by atoms with E-state index in [1.807, 2.05) is 6.92 Å². The Morgan fingerprint density at radius 3 is 2.48 bits per heavy atom. The van der Waals surface area contributed by atoms with Gasteiger partial charge in [0.15, 0.2) is 5.96 Å². The van der Waals surface area contributed by atoms with Gasteiger partial charge in [0.2, 0.25) is 0 Å². The summed E-state index contributed by atoms with van der Waals surface area (Å²) in [4.78, 5) is 9.02. The van der Waals surface area contributed by atoms with Crippen LogP contribution in [0.25, 0.3) is 0 Å². The Balaban J connectivity index is 2.34. The quantitative estimate of drug-likeness (QED) is 0.516. The molecule has 0 fully saturated rings. The van der Waals surface area contributed by atoms with E-state index in [0.717, 1.165) is 38.5 Å². The topological polar surface area (TPSA) is 58.5 Å². The van der Waals surface area contributed by atoms with Crippen molar-refractivity contribution in [3.8, 4) is 0 Å². The number of ether oxygens (including phenoxy) is 1. The first kappa shape index (κ1) is 21.9. The van der Waals surface area contributed by atoms with Gasteiger partial charge in [-0.05, 0) is 19.3 Å². The van der Waals surface area contributed by atoms with Gasteiger partial charge in [-0.25, -0.2) is 4.98 Å². The molecular weight excluding hydrogens is 332 g/mol. The normalized spacial score (nSPS) is 14.0. The zero-order valence-corrected chi connectivity index (χ0v) is 17.8. The van der Waals surface area contributed by atoms with Gasteiger partial charge in [-0.3, -0.25) is 4.99 Å². The van der Waals surface area contributed by atoms with E-state index in [4.69, 9.17) is 9.72 Å². The van der Waals surface area contributed by atoms with Crippen LogP contribution in [0.15, 0.2) is 10.4 Å². The smallest absolute Gasteiger partial charge is 0.190 e. The fourth-order valence-corrected chi connectivity index (χ4v) is 3.46. The Morgan fingerprint density at radius 2 is 1.96 bits per heavy atom. The van der Waals surface area contributed by atoms with Crippen molar-refractivity contribution in [1.82, 2.24) is 15.6 Å². The molecule has 1 atom stereocenters. The molecule has 1 aromatic rings. The minimum absolute atomic E-state index is 0.118. The largest absolute Gasteiger partial charge is 0.378 e. The number of hydrogen-bond acceptors (Lipinski definition) is 4. The number of guanidine groups is 1. The van der Waals surface area contributed by atoms with E-state index in [-0.39, 0.29) is 5.41 Å². The Hall–Kier alpha value is -1.14. The molecule has 0 saturated heterocycles. The highest BCUT2D eigenvalue weighted by atomic mass is 32.1. The molecule has 5 nitrogen and oxygen atoms in total. The van der Waals surface area contributed by atoms with Crippen molar-refractivity contribution in [2.24, 2.45) is 10.9 Å². The van der Waals surface area contributed by atoms with Crippen LogP contribution >= 0.6 is 11.3 Å². The fourth-order valence-electron chi connectivity index (χ4n) is 2.43. The van der Waals surface area contributed by atoms with Gasteiger partial charge in [0.1, 0.15) is 0 Å². The zero-order valence-electron chi connectivity index (χ0n) is 17.0. The van der Waals surface area contributed by atoms with Gasteiger partial charge in [-0.15, -0.1) is 11.3 Å². The fraction of sp³-hybridized carbons (Fsp3) is 0.789. The lowest BCUT2D eigenvalue weighted by molar-refractivity contribution is 0.0258. The molecule has 2 N–H and O–H groups in total. The van der Waals surface area contributed by atoms with Gasteiger partial charge in [-0.2, -0.15) is 0 Å². The molecule has 25 heavy (non-hydrogen) atoms. The third-order valence-electron chi connectivity index (χ3n) is 4.02. The number of aromatic nitrogens is 1. The highest BCUT2D eigenvalue weighted by Gasteiger charge is 2.17. The van der Waals surface area contributed by atoms with Gasteiger partial charge in [0.25, 0.3) is 0 Å². The third kappa shape index (κ3) is 8.19. The summed E-state index contributed by atoms with van der Waals surface area (Å²) < 4.78 is 5.78. The van der Waals surface area contributed by atoms with Gasteiger partial charge >= 0.3 is 0 Å². The molecule has 0 amide bonds. The monoisotopic (exact) mass is 368 g/mol. The second-order valence-electron chi connectivity index (χ2n) is 7.58. The van der Waals surface area contributed by atoms with Gasteiger partial charge in [0, 0.05) is 44.0 Å². The van der Waals surface area contributed by atoms with Gasteiger partial charge in [0.05, 0.1) is 16.8 Å². The lowest BCUT2D eigenvalue weighted by Gasteiger charge is -2.21. The van der Waals surface area contributed by atoms with E-state index in [9.17, 15) is 0 Å². The molecule has 0 aromatic carbocycles. The molecule has 1 heterocycles. The predicted molar refractivity (Wildman–Crippen MR) is 109 cm³/mol. The first-order valence-corrected chi connectivity index (χ1v) is 10.2. The van der Waals surface area contributed by atoms with E-state index in [0.29, 0.717) is 12.0 Å². The molecule has 0 bridgehead atoms. The molecule has 0 spiro atoms. The lowest BCUT2D eigenvalue weighted by atomic mass is 9.93. The molecule has 0 aliphatic heterocycles. The molecule has 0 saturated carbocycles. The zero-order chi connectivity index (χ0) is 18.9. The SMILES string of the molecule is CCOC(CCNC(=NC)NCCc1nc(C(C)(C)C)cs1)C(C)C. The Morgan fingerprint density at radius 1 is 1.28 bits per heavy atom. The van der Waals surface area contributed by atoms with E-state index < -0.39 is 0 Å². The summed E-state index contributed by atoms with van der Waals surface area (Å²) in [6, 6.07) is 0. The molecule has 1 rings (SSSR count). The van der Waals surface area contributed by atoms with Crippen molar-refractivity contribution in [1.29, 1.82) is 0 Å². The number of aliphatic imine (C=N–C) groups is 1. The lowest BCUT2D eigenvalue weighted by Crippen LogP contribution is -2.40. The van der Waals surface area contributed by atoms with E-state index >= 15 is 0 Å². The van der Waals surface area contributed by atoms with E-state index in [1.165, 1.54) is 10.7 Å². The van der Waals surface area contributed by atoms with Crippen LogP contribution in [0.4, 0.5) is 0 Å². The molecular formula is C19H36N4OS. The van der Waals surface area contributed by atoms with Crippen LogP contribution in [0.3, 0.4) is 0 Å². The predicted octanol–water partition coefficient (Wildman–Crippen LogP) is 3.60. The van der Waals surface area contributed by atoms with Crippen LogP contribution in [-0.2, 0) is 16.6 Å². The number of thiazole rings is 1. The summed E-state index contributed by atoms with van der Waals surface area (Å²) in [5.41, 5.74) is 1.29. The number of hydrogen-bond donors (Lipinski definition) is 2. The van der Waals surface area contributed by atoms with Crippen LogP contribution in [0.1, 0.15) is 58.7 Å². The molecule has 1 unspecified atom stereocenters. The minimum Gasteiger partial charge on any atom is -0.378 e. The average Bonchev–Trinajstić information content (AvgIpc) is 3.01. The molecule has 0 aliphatic carbocycles. The Bertz CT molecular complexity index is 520. The summed E-state index contributed by atoms with van der Waals surface area (Å²) >= 11 is 1.74. The summed E-state index contributed by atoms with van der Waals surface area (Å²) in [6.45, 7) is 15.5. The highest BCUT2D eigenvalue weighted by molar-refractivity contribution is 7.09. The van der Waals surface area contributed by atoms with Gasteiger partial charge < -0.3 is 15.4 Å². The van der Waals surface area contributed by atoms with Crippen molar-refractivity contribution < 1.29 is 4.74 Å². The summed E-state index contributed by atoms with van der Waals surface area (Å²) in [5, 5.41) is 10.1. The Kier molecular flexibility index (Phi) is 9.43. The van der Waals surface area contributed by atoms with Crippen molar-refractivity contribution >= 4 is 17.3 Å². The van der Waals surface area contributed by atoms with Crippen molar-refractivity contribution in [2.45, 2.75) is 65.9 Å². The highest BCUT2D eigenvalue weighted by Crippen LogP contribution is 2.23. The molecule has 6 heteroatoms. The first-order valence-electron chi connectivity index (χ1n) is 9.28. The standard InChI is InChI=1S/C19H36N4OS/c1-8-24-15(14(2)3)9-11-21-18(20-7)22-12-10-17-23-16(13-25-17)19(4,5)6/h13-15H,8-12H2,1-7H3,(H2,20,21,22). The van der Waals surface area contributed by atoms with E-state index in [1.54, 1.807) is 18.4 Å². The summed E-state index contributed by atoms with van der Waals surface area (Å²) in [7, 11) is 1.80. The second kappa shape index (κ2) is 10.8. The molecule has 144 valence electrons. The number of nitrogens with one attached hydrogen (secondary N) is 2. The van der Waals surface area contributed by atoms with Crippen LogP contribution in [0.5, 0.6) is 0 Å². The maximum atomic E-state index is 5.78. The maximum absolute atomic E-state index is 5.78. The van der Waals surface area contributed by atoms with Crippen LogP contribution in [0.2, 0.25) is 0 Å². The minimum atomic E-state index is 0.118. The maximum Gasteiger partial charge on any atom is 0.190 e. The second-order valence-corrected chi connectivity index (χ2v) is 8.52. The molecule has 1 aromatic heterocycles. The summed E-state index contributed by atoms with van der Waals surface area (Å²) in [5.74, 6) is 1.37. The summed E-state index contributed by atoms with van der Waals surface area (Å²) in [6.07, 6.45) is 2.18. The molecule has 0 radical (unpaired) electrons.